The molecule has 1 saturated heterocycles. The Kier molecular flexibility index (Phi) is 2.81. The topological polar surface area (TPSA) is 52.9 Å². The number of rotatable bonds is 2. The maximum atomic E-state index is 12.6. The molecule has 0 aromatic heterocycles. The van der Waals surface area contributed by atoms with Gasteiger partial charge in [-0.25, -0.2) is 0 Å². The van der Waals surface area contributed by atoms with Crippen LogP contribution in [0.15, 0.2) is 35.5 Å². The van der Waals surface area contributed by atoms with E-state index >= 15 is 0 Å². The Morgan fingerprint density at radius 1 is 1.32 bits per heavy atom. The highest BCUT2D eigenvalue weighted by Crippen LogP contribution is 2.49. The third-order valence-electron chi connectivity index (χ3n) is 4.62. The summed E-state index contributed by atoms with van der Waals surface area (Å²) in [7, 11) is 0. The van der Waals surface area contributed by atoms with Crippen LogP contribution < -0.4 is 0 Å². The van der Waals surface area contributed by atoms with E-state index in [1.807, 2.05) is 42.2 Å². The van der Waals surface area contributed by atoms with Crippen molar-refractivity contribution in [2.75, 3.05) is 6.54 Å². The van der Waals surface area contributed by atoms with E-state index in [1.165, 1.54) is 0 Å². The number of carbonyl (C=O) groups excluding carboxylic acids is 1. The molecule has 2 fully saturated rings. The van der Waals surface area contributed by atoms with Gasteiger partial charge in [-0.1, -0.05) is 41.9 Å². The van der Waals surface area contributed by atoms with Crippen LogP contribution in [0.4, 0.5) is 0 Å². The Labute approximate surface area is 112 Å². The Hall–Kier alpha value is -1.84. The predicted molar refractivity (Wildman–Crippen MR) is 72.1 cm³/mol. The van der Waals surface area contributed by atoms with E-state index in [2.05, 4.69) is 5.16 Å². The van der Waals surface area contributed by atoms with Crippen molar-refractivity contribution in [2.45, 2.75) is 32.2 Å². The van der Waals surface area contributed by atoms with Gasteiger partial charge in [-0.15, -0.1) is 0 Å². The van der Waals surface area contributed by atoms with Crippen LogP contribution in [0.25, 0.3) is 0 Å². The Balaban J connectivity index is 1.89. The number of hydrogen-bond acceptors (Lipinski definition) is 3. The largest absolute Gasteiger partial charge is 0.411 e. The van der Waals surface area contributed by atoms with Gasteiger partial charge in [0.1, 0.15) is 0 Å². The molecule has 1 spiro atoms. The van der Waals surface area contributed by atoms with Crippen LogP contribution in [0.1, 0.15) is 37.8 Å². The van der Waals surface area contributed by atoms with Gasteiger partial charge in [0.05, 0.1) is 23.7 Å². The molecular formula is C15H18N2O2. The molecule has 1 atom stereocenters. The second kappa shape index (κ2) is 4.37. The third-order valence-corrected chi connectivity index (χ3v) is 4.62. The van der Waals surface area contributed by atoms with Crippen molar-refractivity contribution in [1.82, 2.24) is 4.90 Å². The number of likely N-dealkylation sites (tertiary alicyclic amines) is 1. The quantitative estimate of drug-likeness (QED) is 0.655. The summed E-state index contributed by atoms with van der Waals surface area (Å²) in [6, 6.07) is 10.00. The summed E-state index contributed by atoms with van der Waals surface area (Å²) in [5, 5.41) is 12.6. The van der Waals surface area contributed by atoms with Crippen molar-refractivity contribution < 1.29 is 10.0 Å². The first-order chi connectivity index (χ1) is 9.19. The summed E-state index contributed by atoms with van der Waals surface area (Å²) in [6.07, 6.45) is 2.69. The lowest BCUT2D eigenvalue weighted by atomic mass is 9.66. The molecule has 1 heterocycles. The molecule has 1 aliphatic carbocycles. The summed E-state index contributed by atoms with van der Waals surface area (Å²) < 4.78 is 0. The number of benzene rings is 1. The van der Waals surface area contributed by atoms with Gasteiger partial charge in [0.2, 0.25) is 5.91 Å². The zero-order valence-electron chi connectivity index (χ0n) is 11.0. The summed E-state index contributed by atoms with van der Waals surface area (Å²) in [5.74, 6) is 0.128. The molecule has 0 bridgehead atoms. The minimum absolute atomic E-state index is 0.0189. The van der Waals surface area contributed by atoms with Crippen molar-refractivity contribution in [1.29, 1.82) is 0 Å². The molecule has 4 heteroatoms. The van der Waals surface area contributed by atoms with Crippen LogP contribution in [0.3, 0.4) is 0 Å². The van der Waals surface area contributed by atoms with Crippen LogP contribution in [0.5, 0.6) is 0 Å². The van der Waals surface area contributed by atoms with Gasteiger partial charge in [-0.05, 0) is 25.3 Å². The van der Waals surface area contributed by atoms with E-state index in [4.69, 9.17) is 5.21 Å². The molecule has 4 nitrogen and oxygen atoms in total. The van der Waals surface area contributed by atoms with Crippen molar-refractivity contribution in [3.63, 3.8) is 0 Å². The van der Waals surface area contributed by atoms with Crippen molar-refractivity contribution in [3.05, 3.63) is 35.9 Å². The van der Waals surface area contributed by atoms with Crippen molar-refractivity contribution >= 4 is 11.6 Å². The van der Waals surface area contributed by atoms with E-state index in [-0.39, 0.29) is 11.9 Å². The first-order valence-electron chi connectivity index (χ1n) is 6.76. The van der Waals surface area contributed by atoms with Gasteiger partial charge in [0.25, 0.3) is 0 Å². The molecule has 1 N–H and O–H groups in total. The fraction of sp³-hybridized carbons (Fsp3) is 0.467. The molecule has 1 amide bonds. The number of carbonyl (C=O) groups is 1. The van der Waals surface area contributed by atoms with Crippen molar-refractivity contribution in [2.24, 2.45) is 10.6 Å². The fourth-order valence-corrected chi connectivity index (χ4v) is 3.17. The highest BCUT2D eigenvalue weighted by Gasteiger charge is 2.56. The molecular weight excluding hydrogens is 240 g/mol. The summed E-state index contributed by atoms with van der Waals surface area (Å²) in [6.45, 7) is 2.48. The zero-order valence-corrected chi connectivity index (χ0v) is 11.0. The average molecular weight is 258 g/mol. The van der Waals surface area contributed by atoms with Crippen LogP contribution in [0.2, 0.25) is 0 Å². The van der Waals surface area contributed by atoms with Crippen molar-refractivity contribution in [3.8, 4) is 0 Å². The first-order valence-corrected chi connectivity index (χ1v) is 6.76. The minimum Gasteiger partial charge on any atom is -0.411 e. The van der Waals surface area contributed by atoms with E-state index < -0.39 is 5.41 Å². The van der Waals surface area contributed by atoms with Crippen LogP contribution in [0, 0.1) is 5.41 Å². The second-order valence-corrected chi connectivity index (χ2v) is 5.50. The third kappa shape index (κ3) is 1.66. The molecule has 19 heavy (non-hydrogen) atoms. The molecule has 1 saturated carbocycles. The molecule has 0 radical (unpaired) electrons. The van der Waals surface area contributed by atoms with Crippen LogP contribution in [-0.2, 0) is 4.79 Å². The predicted octanol–water partition coefficient (Wildman–Crippen LogP) is 2.59. The normalized spacial score (nSPS) is 24.8. The summed E-state index contributed by atoms with van der Waals surface area (Å²) in [4.78, 5) is 14.5. The first kappa shape index (κ1) is 12.2. The molecule has 100 valence electrons. The van der Waals surface area contributed by atoms with E-state index in [0.717, 1.165) is 24.8 Å². The Morgan fingerprint density at radius 2 is 2.00 bits per heavy atom. The molecule has 2 aliphatic rings. The van der Waals surface area contributed by atoms with E-state index in [1.54, 1.807) is 0 Å². The lowest BCUT2D eigenvalue weighted by molar-refractivity contribution is -0.140. The maximum Gasteiger partial charge on any atom is 0.235 e. The van der Waals surface area contributed by atoms with E-state index in [0.29, 0.717) is 12.3 Å². The van der Waals surface area contributed by atoms with Crippen LogP contribution >= 0.6 is 0 Å². The standard InChI is InChI=1S/C15H18N2O2/c1-11(12-6-3-2-4-7-12)17-10-13(16-19)15(14(17)18)8-5-9-15/h2-4,6-7,11,19H,5,8-10H2,1H3/t11-/m1/s1. The second-order valence-electron chi connectivity index (χ2n) is 5.50. The Bertz CT molecular complexity index is 520. The van der Waals surface area contributed by atoms with Gasteiger partial charge in [0.15, 0.2) is 0 Å². The Morgan fingerprint density at radius 3 is 2.47 bits per heavy atom. The zero-order chi connectivity index (χ0) is 13.5. The molecule has 3 rings (SSSR count). The summed E-state index contributed by atoms with van der Waals surface area (Å²) >= 11 is 0. The number of hydrogen-bond donors (Lipinski definition) is 1. The molecule has 0 unspecified atom stereocenters. The van der Waals surface area contributed by atoms with Gasteiger partial charge < -0.3 is 10.1 Å². The minimum atomic E-state index is -0.488. The fourth-order valence-electron chi connectivity index (χ4n) is 3.17. The number of oxime groups is 1. The smallest absolute Gasteiger partial charge is 0.235 e. The van der Waals surface area contributed by atoms with Gasteiger partial charge >= 0.3 is 0 Å². The van der Waals surface area contributed by atoms with Gasteiger partial charge in [-0.3, -0.25) is 4.79 Å². The summed E-state index contributed by atoms with van der Waals surface area (Å²) in [5.41, 5.74) is 1.27. The lowest BCUT2D eigenvalue weighted by Gasteiger charge is -2.36. The monoisotopic (exact) mass is 258 g/mol. The van der Waals surface area contributed by atoms with E-state index in [9.17, 15) is 4.79 Å². The van der Waals surface area contributed by atoms with Gasteiger partial charge in [0, 0.05) is 0 Å². The number of amides is 1. The average Bonchev–Trinajstić information content (AvgIpc) is 2.71. The maximum absolute atomic E-state index is 12.6. The molecule has 1 aromatic rings. The lowest BCUT2D eigenvalue weighted by Crippen LogP contribution is -2.43. The highest BCUT2D eigenvalue weighted by molar-refractivity contribution is 6.15. The number of nitrogens with zero attached hydrogens (tertiary/aromatic N) is 2. The van der Waals surface area contributed by atoms with Crippen LogP contribution in [-0.4, -0.2) is 28.3 Å². The highest BCUT2D eigenvalue weighted by atomic mass is 16.4. The molecule has 1 aliphatic heterocycles. The SMILES string of the molecule is C[C@H](c1ccccc1)N1CC(=NO)C2(CCC2)C1=O. The van der Waals surface area contributed by atoms with Gasteiger partial charge in [-0.2, -0.15) is 0 Å². The molecule has 1 aromatic carbocycles.